The molecule has 0 radical (unpaired) electrons. The molecule has 0 amide bonds. The second-order valence-electron chi connectivity index (χ2n) is 6.59. The number of benzene rings is 2. The quantitative estimate of drug-likeness (QED) is 0.500. The van der Waals surface area contributed by atoms with Crippen LogP contribution in [-0.2, 0) is 19.6 Å². The largest absolute Gasteiger partial charge is 0.357 e. The maximum atomic E-state index is 4.69. The van der Waals surface area contributed by atoms with Gasteiger partial charge in [0.2, 0.25) is 0 Å². The molecule has 140 valence electrons. The molecule has 3 aromatic rings. The summed E-state index contributed by atoms with van der Waals surface area (Å²) in [5, 5.41) is 6.72. The molecule has 0 aliphatic carbocycles. The van der Waals surface area contributed by atoms with Gasteiger partial charge in [-0.2, -0.15) is 0 Å². The number of aliphatic imine (C=N–C) groups is 1. The Morgan fingerprint density at radius 2 is 1.85 bits per heavy atom. The van der Waals surface area contributed by atoms with Crippen molar-refractivity contribution >= 4 is 5.96 Å². The maximum absolute atomic E-state index is 4.69. The number of hydrogen-bond acceptors (Lipinski definition) is 2. The predicted octanol–water partition coefficient (Wildman–Crippen LogP) is 3.50. The van der Waals surface area contributed by atoms with Gasteiger partial charge in [0.25, 0.3) is 0 Å². The van der Waals surface area contributed by atoms with Crippen molar-refractivity contribution in [1.82, 2.24) is 20.2 Å². The fourth-order valence-corrected chi connectivity index (χ4v) is 2.86. The van der Waals surface area contributed by atoms with Gasteiger partial charge >= 0.3 is 0 Å². The molecule has 5 heteroatoms. The zero-order valence-electron chi connectivity index (χ0n) is 16.0. The fraction of sp³-hybridized carbons (Fsp3) is 0.273. The number of imidazole rings is 1. The first kappa shape index (κ1) is 18.7. The molecule has 0 aliphatic rings. The van der Waals surface area contributed by atoms with Gasteiger partial charge in [-0.25, -0.2) is 9.98 Å². The molecule has 1 aromatic heterocycles. The maximum Gasteiger partial charge on any atom is 0.191 e. The Morgan fingerprint density at radius 3 is 2.56 bits per heavy atom. The van der Waals surface area contributed by atoms with Gasteiger partial charge in [-0.1, -0.05) is 54.1 Å². The van der Waals surface area contributed by atoms with Crippen LogP contribution in [0.15, 0.2) is 72.2 Å². The highest BCUT2D eigenvalue weighted by Crippen LogP contribution is 2.07. The lowest BCUT2D eigenvalue weighted by atomic mass is 10.1. The first-order valence-electron chi connectivity index (χ1n) is 9.34. The van der Waals surface area contributed by atoms with Crippen molar-refractivity contribution in [1.29, 1.82) is 0 Å². The van der Waals surface area contributed by atoms with Crippen molar-refractivity contribution in [2.75, 3.05) is 6.54 Å². The van der Waals surface area contributed by atoms with E-state index in [1.54, 1.807) is 6.20 Å². The molecule has 0 unspecified atom stereocenters. The molecule has 0 atom stereocenters. The van der Waals surface area contributed by atoms with Crippen LogP contribution in [0.4, 0.5) is 0 Å². The average Bonchev–Trinajstić information content (AvgIpc) is 3.18. The number of hydrogen-bond donors (Lipinski definition) is 2. The minimum absolute atomic E-state index is 0.668. The van der Waals surface area contributed by atoms with E-state index in [1.165, 1.54) is 22.3 Å². The highest BCUT2D eigenvalue weighted by atomic mass is 15.2. The smallest absolute Gasteiger partial charge is 0.191 e. The van der Waals surface area contributed by atoms with Crippen LogP contribution in [0.1, 0.15) is 29.2 Å². The molecule has 0 saturated heterocycles. The minimum Gasteiger partial charge on any atom is -0.357 e. The van der Waals surface area contributed by atoms with Crippen molar-refractivity contribution < 1.29 is 0 Å². The topological polar surface area (TPSA) is 54.2 Å². The number of nitrogens with zero attached hydrogens (tertiary/aromatic N) is 3. The molecule has 0 saturated carbocycles. The number of rotatable bonds is 7. The third-order valence-corrected chi connectivity index (χ3v) is 4.25. The molecule has 2 aromatic carbocycles. The van der Waals surface area contributed by atoms with Crippen LogP contribution in [0.25, 0.3) is 0 Å². The fourth-order valence-electron chi connectivity index (χ4n) is 2.86. The molecule has 0 spiro atoms. The van der Waals surface area contributed by atoms with Gasteiger partial charge in [0.1, 0.15) is 0 Å². The van der Waals surface area contributed by atoms with Crippen LogP contribution in [0.3, 0.4) is 0 Å². The van der Waals surface area contributed by atoms with Crippen molar-refractivity contribution in [3.63, 3.8) is 0 Å². The zero-order chi connectivity index (χ0) is 18.9. The molecule has 0 aliphatic heterocycles. The van der Waals surface area contributed by atoms with Gasteiger partial charge in [0.15, 0.2) is 5.96 Å². The molecule has 2 N–H and O–H groups in total. The van der Waals surface area contributed by atoms with E-state index in [0.29, 0.717) is 6.54 Å². The number of aryl methyl sites for hydroxylation is 1. The van der Waals surface area contributed by atoms with Crippen molar-refractivity contribution in [3.8, 4) is 0 Å². The number of aromatic nitrogens is 2. The van der Waals surface area contributed by atoms with Gasteiger partial charge in [-0.3, -0.25) is 0 Å². The predicted molar refractivity (Wildman–Crippen MR) is 111 cm³/mol. The van der Waals surface area contributed by atoms with Crippen molar-refractivity contribution in [2.45, 2.75) is 33.5 Å². The molecule has 0 bridgehead atoms. The van der Waals surface area contributed by atoms with Gasteiger partial charge < -0.3 is 15.2 Å². The van der Waals surface area contributed by atoms with Gasteiger partial charge in [0.05, 0.1) is 12.9 Å². The first-order valence-corrected chi connectivity index (χ1v) is 9.34. The van der Waals surface area contributed by atoms with Gasteiger partial charge in [0, 0.05) is 32.0 Å². The van der Waals surface area contributed by atoms with E-state index in [1.807, 2.05) is 12.5 Å². The Balaban J connectivity index is 1.56. The first-order chi connectivity index (χ1) is 13.2. The molecular weight excluding hydrogens is 334 g/mol. The number of nitrogens with one attached hydrogen (secondary N) is 2. The highest BCUT2D eigenvalue weighted by Gasteiger charge is 2.00. The summed E-state index contributed by atoms with van der Waals surface area (Å²) < 4.78 is 2.06. The Hall–Kier alpha value is -3.08. The summed E-state index contributed by atoms with van der Waals surface area (Å²) in [6.07, 6.45) is 5.61. The van der Waals surface area contributed by atoms with Crippen molar-refractivity contribution in [2.24, 2.45) is 4.99 Å². The average molecular weight is 361 g/mol. The third-order valence-electron chi connectivity index (χ3n) is 4.25. The summed E-state index contributed by atoms with van der Waals surface area (Å²) in [4.78, 5) is 8.77. The Kier molecular flexibility index (Phi) is 6.63. The summed E-state index contributed by atoms with van der Waals surface area (Å²) in [7, 11) is 0. The second-order valence-corrected chi connectivity index (χ2v) is 6.59. The van der Waals surface area contributed by atoms with E-state index in [-0.39, 0.29) is 0 Å². The Morgan fingerprint density at radius 1 is 1.04 bits per heavy atom. The summed E-state index contributed by atoms with van der Waals surface area (Å²) in [5.74, 6) is 0.835. The van der Waals surface area contributed by atoms with Crippen LogP contribution in [0.5, 0.6) is 0 Å². The van der Waals surface area contributed by atoms with E-state index in [4.69, 9.17) is 4.99 Å². The molecule has 0 fully saturated rings. The van der Waals surface area contributed by atoms with E-state index in [0.717, 1.165) is 25.6 Å². The summed E-state index contributed by atoms with van der Waals surface area (Å²) in [6, 6.07) is 17.1. The van der Waals surface area contributed by atoms with Crippen LogP contribution < -0.4 is 10.6 Å². The minimum atomic E-state index is 0.668. The molecule has 27 heavy (non-hydrogen) atoms. The van der Waals surface area contributed by atoms with Crippen LogP contribution in [0.2, 0.25) is 0 Å². The van der Waals surface area contributed by atoms with E-state index >= 15 is 0 Å². The van der Waals surface area contributed by atoms with E-state index in [9.17, 15) is 0 Å². The Labute approximate surface area is 161 Å². The second kappa shape index (κ2) is 9.57. The molecule has 1 heterocycles. The summed E-state index contributed by atoms with van der Waals surface area (Å²) in [6.45, 7) is 7.27. The highest BCUT2D eigenvalue weighted by molar-refractivity contribution is 5.79. The lowest BCUT2D eigenvalue weighted by molar-refractivity contribution is 0.793. The van der Waals surface area contributed by atoms with Crippen LogP contribution in [0, 0.1) is 6.92 Å². The summed E-state index contributed by atoms with van der Waals surface area (Å²) in [5.41, 5.74) is 4.97. The van der Waals surface area contributed by atoms with E-state index in [2.05, 4.69) is 82.6 Å². The standard InChI is InChI=1S/C22H27N5/c1-3-24-22(26-15-21-6-4-5-18(2)13-21)25-14-19-7-9-20(10-8-19)16-27-12-11-23-17-27/h4-13,17H,3,14-16H2,1-2H3,(H2,24,25,26). The third kappa shape index (κ3) is 5.99. The SMILES string of the molecule is CCNC(=NCc1cccc(C)c1)NCc1ccc(Cn2ccnc2)cc1. The van der Waals surface area contributed by atoms with Gasteiger partial charge in [-0.15, -0.1) is 0 Å². The lowest BCUT2D eigenvalue weighted by Gasteiger charge is -2.12. The molecular formula is C22H27N5. The number of guanidine groups is 1. The van der Waals surface area contributed by atoms with Crippen molar-refractivity contribution in [3.05, 3.63) is 89.5 Å². The molecule has 3 rings (SSSR count). The normalized spacial score (nSPS) is 11.4. The summed E-state index contributed by atoms with van der Waals surface area (Å²) >= 11 is 0. The van der Waals surface area contributed by atoms with Gasteiger partial charge in [-0.05, 0) is 30.5 Å². The lowest BCUT2D eigenvalue weighted by Crippen LogP contribution is -2.36. The molecule has 5 nitrogen and oxygen atoms in total. The zero-order valence-corrected chi connectivity index (χ0v) is 16.0. The monoisotopic (exact) mass is 361 g/mol. The van der Waals surface area contributed by atoms with Crippen LogP contribution in [-0.4, -0.2) is 22.1 Å². The Bertz CT molecular complexity index is 851. The van der Waals surface area contributed by atoms with E-state index < -0.39 is 0 Å². The van der Waals surface area contributed by atoms with Crippen LogP contribution >= 0.6 is 0 Å².